The number of carbonyl (C=O) groups is 2. The topological polar surface area (TPSA) is 110 Å². The lowest BCUT2D eigenvalue weighted by molar-refractivity contribution is -0.136. The molecule has 8 heteroatoms. The van der Waals surface area contributed by atoms with Gasteiger partial charge in [0.15, 0.2) is 0 Å². The number of nitrogens with zero attached hydrogens (tertiary/aromatic N) is 1. The molecule has 0 aromatic heterocycles. The first-order valence-corrected chi connectivity index (χ1v) is 7.40. The van der Waals surface area contributed by atoms with E-state index in [0.717, 1.165) is 4.31 Å². The van der Waals surface area contributed by atoms with Crippen molar-refractivity contribution in [2.75, 3.05) is 12.3 Å². The number of rotatable bonds is 2. The molecule has 1 aliphatic rings. The monoisotopic (exact) mass is 297 g/mol. The van der Waals surface area contributed by atoms with Gasteiger partial charge in [-0.2, -0.15) is 4.31 Å². The Morgan fingerprint density at radius 2 is 2.00 bits per heavy atom. The van der Waals surface area contributed by atoms with Gasteiger partial charge in [0.2, 0.25) is 21.8 Å². The Kier molecular flexibility index (Phi) is 3.53. The maximum absolute atomic E-state index is 12.6. The summed E-state index contributed by atoms with van der Waals surface area (Å²) in [5.41, 5.74) is 6.45. The number of nitrogen functional groups attached to an aromatic ring is 1. The molecule has 0 radical (unpaired) electrons. The minimum absolute atomic E-state index is 0.00634. The Bertz CT molecular complexity index is 684. The highest BCUT2D eigenvalue weighted by molar-refractivity contribution is 7.89. The zero-order valence-electron chi connectivity index (χ0n) is 11.1. The molecule has 2 amide bonds. The summed E-state index contributed by atoms with van der Waals surface area (Å²) in [6.07, 6.45) is 0. The molecule has 108 valence electrons. The van der Waals surface area contributed by atoms with Crippen molar-refractivity contribution in [3.05, 3.63) is 23.8 Å². The summed E-state index contributed by atoms with van der Waals surface area (Å²) in [6.45, 7) is 2.63. The summed E-state index contributed by atoms with van der Waals surface area (Å²) in [5, 5.41) is 2.10. The van der Waals surface area contributed by atoms with E-state index in [9.17, 15) is 18.0 Å². The van der Waals surface area contributed by atoms with Crippen LogP contribution < -0.4 is 11.1 Å². The minimum atomic E-state index is -3.96. The van der Waals surface area contributed by atoms with E-state index in [1.807, 2.05) is 0 Å². The molecule has 1 unspecified atom stereocenters. The molecule has 1 atom stereocenters. The molecule has 3 N–H and O–H groups in total. The fourth-order valence-corrected chi connectivity index (χ4v) is 3.83. The molecular formula is C12H15N3O4S. The standard InChI is InChI=1S/C12H15N3O4S/c1-7-9(13)4-3-5-10(7)20(18,19)15-6-11(16)14-12(17)8(15)2/h3-5,8H,6,13H2,1-2H3,(H,14,16,17). The average molecular weight is 297 g/mol. The van der Waals surface area contributed by atoms with Crippen LogP contribution in [0.3, 0.4) is 0 Å². The normalized spacial score (nSPS) is 20.8. The molecule has 1 aromatic rings. The molecule has 0 aliphatic carbocycles. The first-order valence-electron chi connectivity index (χ1n) is 5.95. The van der Waals surface area contributed by atoms with Crippen LogP contribution in [0.15, 0.2) is 23.1 Å². The van der Waals surface area contributed by atoms with E-state index in [-0.39, 0.29) is 11.4 Å². The first-order chi connectivity index (χ1) is 9.25. The maximum Gasteiger partial charge on any atom is 0.244 e. The molecule has 0 spiro atoms. The number of piperazine rings is 1. The lowest BCUT2D eigenvalue weighted by atomic mass is 10.2. The number of nitrogens with two attached hydrogens (primary N) is 1. The van der Waals surface area contributed by atoms with Crippen LogP contribution in [0.1, 0.15) is 12.5 Å². The summed E-state index contributed by atoms with van der Waals surface area (Å²) >= 11 is 0. The van der Waals surface area contributed by atoms with E-state index in [2.05, 4.69) is 5.32 Å². The Balaban J connectivity index is 2.52. The summed E-state index contributed by atoms with van der Waals surface area (Å²) in [7, 11) is -3.96. The van der Waals surface area contributed by atoms with Crippen LogP contribution in [0, 0.1) is 6.92 Å². The van der Waals surface area contributed by atoms with Gasteiger partial charge in [0, 0.05) is 5.69 Å². The van der Waals surface area contributed by atoms with Crippen LogP contribution in [0.4, 0.5) is 5.69 Å². The fourth-order valence-electron chi connectivity index (χ4n) is 2.02. The Labute approximate surface area is 116 Å². The molecule has 1 heterocycles. The van der Waals surface area contributed by atoms with Crippen molar-refractivity contribution in [2.45, 2.75) is 24.8 Å². The number of nitrogens with one attached hydrogen (secondary N) is 1. The van der Waals surface area contributed by atoms with Gasteiger partial charge in [-0.1, -0.05) is 6.07 Å². The molecule has 1 aromatic carbocycles. The number of hydrogen-bond donors (Lipinski definition) is 2. The van der Waals surface area contributed by atoms with E-state index in [1.165, 1.54) is 19.1 Å². The first kappa shape index (κ1) is 14.5. The molecular weight excluding hydrogens is 282 g/mol. The van der Waals surface area contributed by atoms with Crippen LogP contribution >= 0.6 is 0 Å². The van der Waals surface area contributed by atoms with Crippen molar-refractivity contribution in [1.82, 2.24) is 9.62 Å². The number of anilines is 1. The highest BCUT2D eigenvalue weighted by Gasteiger charge is 2.39. The molecule has 1 saturated heterocycles. The molecule has 0 saturated carbocycles. The number of sulfonamides is 1. The fraction of sp³-hybridized carbons (Fsp3) is 0.333. The predicted molar refractivity (Wildman–Crippen MR) is 72.1 cm³/mol. The van der Waals surface area contributed by atoms with Gasteiger partial charge in [-0.15, -0.1) is 0 Å². The van der Waals surface area contributed by atoms with Crippen LogP contribution in [-0.4, -0.2) is 37.1 Å². The smallest absolute Gasteiger partial charge is 0.244 e. The van der Waals surface area contributed by atoms with E-state index < -0.39 is 27.9 Å². The number of hydrogen-bond acceptors (Lipinski definition) is 5. The SMILES string of the molecule is Cc1c(N)cccc1S(=O)(=O)N1CC(=O)NC(=O)C1C. The highest BCUT2D eigenvalue weighted by atomic mass is 32.2. The largest absolute Gasteiger partial charge is 0.398 e. The second kappa shape index (κ2) is 4.88. The zero-order valence-corrected chi connectivity index (χ0v) is 11.9. The molecule has 0 bridgehead atoms. The van der Waals surface area contributed by atoms with Gasteiger partial charge in [-0.25, -0.2) is 8.42 Å². The third kappa shape index (κ3) is 2.27. The Hall–Kier alpha value is -1.93. The van der Waals surface area contributed by atoms with Crippen LogP contribution in [0.2, 0.25) is 0 Å². The highest BCUT2D eigenvalue weighted by Crippen LogP contribution is 2.25. The number of amides is 2. The molecule has 20 heavy (non-hydrogen) atoms. The van der Waals surface area contributed by atoms with Crippen LogP contribution in [-0.2, 0) is 19.6 Å². The van der Waals surface area contributed by atoms with Gasteiger partial charge in [0.25, 0.3) is 0 Å². The second-order valence-electron chi connectivity index (χ2n) is 4.61. The number of benzene rings is 1. The van der Waals surface area contributed by atoms with Crippen LogP contribution in [0.25, 0.3) is 0 Å². The third-order valence-corrected chi connectivity index (χ3v) is 5.35. The summed E-state index contributed by atoms with van der Waals surface area (Å²) in [5.74, 6) is -1.27. The zero-order chi connectivity index (χ0) is 15.1. The number of carbonyl (C=O) groups excluding carboxylic acids is 2. The molecule has 1 fully saturated rings. The molecule has 2 rings (SSSR count). The average Bonchev–Trinajstić information content (AvgIpc) is 2.36. The molecule has 7 nitrogen and oxygen atoms in total. The van der Waals surface area contributed by atoms with Gasteiger partial charge >= 0.3 is 0 Å². The van der Waals surface area contributed by atoms with Gasteiger partial charge in [-0.3, -0.25) is 14.9 Å². The van der Waals surface area contributed by atoms with Gasteiger partial charge in [0.05, 0.1) is 11.4 Å². The van der Waals surface area contributed by atoms with Gasteiger partial charge in [0.1, 0.15) is 6.04 Å². The van der Waals surface area contributed by atoms with Crippen LogP contribution in [0.5, 0.6) is 0 Å². The summed E-state index contributed by atoms with van der Waals surface area (Å²) in [4.78, 5) is 23.0. The van der Waals surface area contributed by atoms with E-state index in [0.29, 0.717) is 11.3 Å². The van der Waals surface area contributed by atoms with Gasteiger partial charge < -0.3 is 5.73 Å². The quantitative estimate of drug-likeness (QED) is 0.571. The van der Waals surface area contributed by atoms with E-state index in [1.54, 1.807) is 13.0 Å². The van der Waals surface area contributed by atoms with Gasteiger partial charge in [-0.05, 0) is 31.5 Å². The summed E-state index contributed by atoms with van der Waals surface area (Å²) in [6, 6.07) is 3.57. The number of imide groups is 1. The minimum Gasteiger partial charge on any atom is -0.398 e. The van der Waals surface area contributed by atoms with Crippen molar-refractivity contribution in [1.29, 1.82) is 0 Å². The van der Waals surface area contributed by atoms with Crippen molar-refractivity contribution < 1.29 is 18.0 Å². The van der Waals surface area contributed by atoms with Crippen molar-refractivity contribution in [3.63, 3.8) is 0 Å². The lowest BCUT2D eigenvalue weighted by Gasteiger charge is -2.31. The second-order valence-corrected chi connectivity index (χ2v) is 6.47. The molecule has 1 aliphatic heterocycles. The van der Waals surface area contributed by atoms with Crippen molar-refractivity contribution in [3.8, 4) is 0 Å². The predicted octanol–water partition coefficient (Wildman–Crippen LogP) is -0.387. The lowest BCUT2D eigenvalue weighted by Crippen LogP contribution is -2.58. The summed E-state index contributed by atoms with van der Waals surface area (Å²) < 4.78 is 26.1. The Morgan fingerprint density at radius 3 is 2.65 bits per heavy atom. The maximum atomic E-state index is 12.6. The van der Waals surface area contributed by atoms with E-state index >= 15 is 0 Å². The third-order valence-electron chi connectivity index (χ3n) is 3.29. The van der Waals surface area contributed by atoms with Crippen molar-refractivity contribution >= 4 is 27.5 Å². The Morgan fingerprint density at radius 1 is 1.35 bits per heavy atom. The van der Waals surface area contributed by atoms with Crippen molar-refractivity contribution in [2.24, 2.45) is 0 Å². The van der Waals surface area contributed by atoms with E-state index in [4.69, 9.17) is 5.73 Å².